The Bertz CT molecular complexity index is 434. The number of nitrogens with zero attached hydrogens (tertiary/aromatic N) is 2. The highest BCUT2D eigenvalue weighted by Gasteiger charge is 2.29. The van der Waals surface area contributed by atoms with E-state index in [2.05, 4.69) is 29.2 Å². The summed E-state index contributed by atoms with van der Waals surface area (Å²) in [6.45, 7) is 3.09. The number of hydrogen-bond acceptors (Lipinski definition) is 3. The van der Waals surface area contributed by atoms with Crippen molar-refractivity contribution in [2.45, 2.75) is 18.5 Å². The van der Waals surface area contributed by atoms with Crippen LogP contribution in [0.4, 0.5) is 4.39 Å². The molecular weight excluding hydrogens is 277 g/mol. The third-order valence-electron chi connectivity index (χ3n) is 4.22. The molecule has 1 saturated heterocycles. The highest BCUT2D eigenvalue weighted by Crippen LogP contribution is 2.22. The normalized spacial score (nSPS) is 22.9. The minimum Gasteiger partial charge on any atom is -0.315 e. The molecule has 1 aliphatic heterocycles. The molecule has 20 heavy (non-hydrogen) atoms. The Balaban J connectivity index is 2.16. The molecule has 0 aromatic heterocycles. The molecule has 2 unspecified atom stereocenters. The average Bonchev–Trinajstić information content (AvgIpc) is 2.42. The van der Waals surface area contributed by atoms with Gasteiger partial charge in [-0.1, -0.05) is 17.7 Å². The Morgan fingerprint density at radius 1 is 1.40 bits per heavy atom. The Kier molecular flexibility index (Phi) is 5.38. The zero-order chi connectivity index (χ0) is 14.7. The van der Waals surface area contributed by atoms with Gasteiger partial charge in [-0.2, -0.15) is 0 Å². The van der Waals surface area contributed by atoms with Gasteiger partial charge in [0.25, 0.3) is 0 Å². The molecular formula is C15H23ClFN3. The summed E-state index contributed by atoms with van der Waals surface area (Å²) in [5.74, 6) is -0.218. The number of halogens is 2. The molecule has 1 N–H and O–H groups in total. The number of piperazine rings is 1. The number of hydrogen-bond donors (Lipinski definition) is 1. The molecule has 2 rings (SSSR count). The highest BCUT2D eigenvalue weighted by atomic mass is 35.5. The van der Waals surface area contributed by atoms with Crippen molar-refractivity contribution >= 4 is 11.6 Å². The van der Waals surface area contributed by atoms with Gasteiger partial charge in [-0.05, 0) is 39.7 Å². The van der Waals surface area contributed by atoms with Gasteiger partial charge in [-0.15, -0.1) is 0 Å². The predicted octanol–water partition coefficient (Wildman–Crippen LogP) is 1.86. The molecule has 2 atom stereocenters. The number of benzene rings is 1. The fraction of sp³-hybridized carbons (Fsp3) is 0.600. The van der Waals surface area contributed by atoms with Gasteiger partial charge in [0, 0.05) is 42.3 Å². The van der Waals surface area contributed by atoms with Crippen molar-refractivity contribution in [3.63, 3.8) is 0 Å². The van der Waals surface area contributed by atoms with Crippen LogP contribution in [-0.2, 0) is 6.42 Å². The van der Waals surface area contributed by atoms with Crippen molar-refractivity contribution < 1.29 is 4.39 Å². The highest BCUT2D eigenvalue weighted by molar-refractivity contribution is 6.31. The van der Waals surface area contributed by atoms with Crippen LogP contribution in [-0.4, -0.2) is 62.7 Å². The summed E-state index contributed by atoms with van der Waals surface area (Å²) in [4.78, 5) is 4.66. The van der Waals surface area contributed by atoms with Crippen molar-refractivity contribution in [2.24, 2.45) is 0 Å². The van der Waals surface area contributed by atoms with Crippen LogP contribution in [0, 0.1) is 5.82 Å². The fourth-order valence-electron chi connectivity index (χ4n) is 2.86. The summed E-state index contributed by atoms with van der Waals surface area (Å²) < 4.78 is 14.0. The van der Waals surface area contributed by atoms with Crippen LogP contribution < -0.4 is 5.32 Å². The first kappa shape index (κ1) is 15.7. The maximum Gasteiger partial charge on any atom is 0.127 e. The Morgan fingerprint density at radius 2 is 2.15 bits per heavy atom. The second-order valence-electron chi connectivity index (χ2n) is 5.61. The van der Waals surface area contributed by atoms with Gasteiger partial charge >= 0.3 is 0 Å². The lowest BCUT2D eigenvalue weighted by molar-refractivity contribution is 0.0895. The summed E-state index contributed by atoms with van der Waals surface area (Å²) >= 11 is 6.14. The van der Waals surface area contributed by atoms with Crippen molar-refractivity contribution in [3.8, 4) is 0 Å². The summed E-state index contributed by atoms with van der Waals surface area (Å²) in [6, 6.07) is 5.41. The van der Waals surface area contributed by atoms with Crippen LogP contribution >= 0.6 is 11.6 Å². The van der Waals surface area contributed by atoms with E-state index >= 15 is 0 Å². The second kappa shape index (κ2) is 6.85. The maximum atomic E-state index is 14.0. The molecule has 0 spiro atoms. The monoisotopic (exact) mass is 299 g/mol. The van der Waals surface area contributed by atoms with Crippen LogP contribution in [0.3, 0.4) is 0 Å². The first-order valence-electron chi connectivity index (χ1n) is 7.02. The first-order chi connectivity index (χ1) is 9.52. The molecule has 0 radical (unpaired) electrons. The van der Waals surface area contributed by atoms with Crippen LogP contribution in [0.1, 0.15) is 5.56 Å². The molecule has 0 aliphatic carbocycles. The Morgan fingerprint density at radius 3 is 2.80 bits per heavy atom. The SMILES string of the molecule is CNC(Cc1c(F)cccc1Cl)C1CN(C)CCN1C. The molecule has 0 amide bonds. The standard InChI is InChI=1S/C15H23ClFN3/c1-18-14(15-10-19(2)7-8-20(15)3)9-11-12(16)5-4-6-13(11)17/h4-6,14-15,18H,7-10H2,1-3H3. The third kappa shape index (κ3) is 3.50. The molecule has 1 fully saturated rings. The van der Waals surface area contributed by atoms with Crippen LogP contribution in [0.15, 0.2) is 18.2 Å². The van der Waals surface area contributed by atoms with Gasteiger partial charge in [0.2, 0.25) is 0 Å². The van der Waals surface area contributed by atoms with Crippen LogP contribution in [0.25, 0.3) is 0 Å². The third-order valence-corrected chi connectivity index (χ3v) is 4.57. The number of nitrogens with one attached hydrogen (secondary N) is 1. The summed E-state index contributed by atoms with van der Waals surface area (Å²) in [5.41, 5.74) is 0.607. The first-order valence-corrected chi connectivity index (χ1v) is 7.39. The number of rotatable bonds is 4. The van der Waals surface area contributed by atoms with Crippen molar-refractivity contribution in [2.75, 3.05) is 40.8 Å². The van der Waals surface area contributed by atoms with E-state index < -0.39 is 0 Å². The molecule has 1 aromatic rings. The van der Waals surface area contributed by atoms with Crippen molar-refractivity contribution in [3.05, 3.63) is 34.6 Å². The van der Waals surface area contributed by atoms with E-state index in [0.717, 1.165) is 19.6 Å². The van der Waals surface area contributed by atoms with E-state index in [1.165, 1.54) is 6.07 Å². The Hall–Kier alpha value is -0.680. The van der Waals surface area contributed by atoms with Crippen molar-refractivity contribution in [1.82, 2.24) is 15.1 Å². The van der Waals surface area contributed by atoms with Gasteiger partial charge in [0.05, 0.1) is 0 Å². The van der Waals surface area contributed by atoms with Gasteiger partial charge in [0.15, 0.2) is 0 Å². The molecule has 1 heterocycles. The predicted molar refractivity (Wildman–Crippen MR) is 81.9 cm³/mol. The minimum absolute atomic E-state index is 0.178. The van der Waals surface area contributed by atoms with Gasteiger partial charge in [0.1, 0.15) is 5.82 Å². The van der Waals surface area contributed by atoms with Gasteiger partial charge in [-0.25, -0.2) is 4.39 Å². The van der Waals surface area contributed by atoms with Crippen molar-refractivity contribution in [1.29, 1.82) is 0 Å². The average molecular weight is 300 g/mol. The molecule has 5 heteroatoms. The smallest absolute Gasteiger partial charge is 0.127 e. The summed E-state index contributed by atoms with van der Waals surface area (Å²) in [7, 11) is 6.19. The molecule has 112 valence electrons. The lowest BCUT2D eigenvalue weighted by atomic mass is 9.96. The summed E-state index contributed by atoms with van der Waals surface area (Å²) in [5, 5.41) is 3.84. The van der Waals surface area contributed by atoms with E-state index in [-0.39, 0.29) is 11.9 Å². The van der Waals surface area contributed by atoms with Crippen LogP contribution in [0.2, 0.25) is 5.02 Å². The largest absolute Gasteiger partial charge is 0.315 e. The van der Waals surface area contributed by atoms with Gasteiger partial charge < -0.3 is 10.2 Å². The Labute approximate surface area is 125 Å². The van der Waals surface area contributed by atoms with E-state index in [1.54, 1.807) is 12.1 Å². The lowest BCUT2D eigenvalue weighted by Gasteiger charge is -2.42. The zero-order valence-electron chi connectivity index (χ0n) is 12.4. The molecule has 0 saturated carbocycles. The zero-order valence-corrected chi connectivity index (χ0v) is 13.1. The van der Waals surface area contributed by atoms with E-state index in [1.807, 2.05) is 7.05 Å². The topological polar surface area (TPSA) is 18.5 Å². The quantitative estimate of drug-likeness (QED) is 0.915. The maximum absolute atomic E-state index is 14.0. The molecule has 1 aliphatic rings. The van der Waals surface area contributed by atoms with E-state index in [9.17, 15) is 4.39 Å². The molecule has 0 bridgehead atoms. The van der Waals surface area contributed by atoms with E-state index in [0.29, 0.717) is 23.0 Å². The summed E-state index contributed by atoms with van der Waals surface area (Å²) in [6.07, 6.45) is 0.602. The van der Waals surface area contributed by atoms with Gasteiger partial charge in [-0.3, -0.25) is 4.90 Å². The number of likely N-dealkylation sites (N-methyl/N-ethyl adjacent to an activating group) is 3. The lowest BCUT2D eigenvalue weighted by Crippen LogP contribution is -2.58. The minimum atomic E-state index is -0.218. The molecule has 1 aromatic carbocycles. The fourth-order valence-corrected chi connectivity index (χ4v) is 3.10. The second-order valence-corrected chi connectivity index (χ2v) is 6.02. The molecule has 3 nitrogen and oxygen atoms in total. The van der Waals surface area contributed by atoms with Crippen LogP contribution in [0.5, 0.6) is 0 Å². The van der Waals surface area contributed by atoms with E-state index in [4.69, 9.17) is 11.6 Å².